The summed E-state index contributed by atoms with van der Waals surface area (Å²) in [6, 6.07) is 0. The van der Waals surface area contributed by atoms with Crippen molar-refractivity contribution in [3.05, 3.63) is 0 Å². The molecule has 0 aromatic carbocycles. The van der Waals surface area contributed by atoms with Crippen LogP contribution >= 0.6 is 35.3 Å². The van der Waals surface area contributed by atoms with Crippen molar-refractivity contribution in [2.24, 2.45) is 0 Å². The fourth-order valence-corrected chi connectivity index (χ4v) is 3.15. The molecule has 0 aliphatic carbocycles. The van der Waals surface area contributed by atoms with Gasteiger partial charge in [-0.15, -0.1) is 23.5 Å². The molecule has 5 heteroatoms. The predicted molar refractivity (Wildman–Crippen MR) is 54.3 cm³/mol. The smallest absolute Gasteiger partial charge is 0.217 e. The normalized spacial score (nSPS) is 11.6. The van der Waals surface area contributed by atoms with E-state index in [4.69, 9.17) is 0 Å². The summed E-state index contributed by atoms with van der Waals surface area (Å²) in [6.45, 7) is -0.602. The van der Waals surface area contributed by atoms with Gasteiger partial charge in [-0.2, -0.15) is 0 Å². The Morgan fingerprint density at radius 1 is 1.36 bits per heavy atom. The standard InChI is InChI=1S/C6H11FOS3/c1-9-5(8)6(4-7,10-2)11-3/h4H2,1-3H3. The number of hydrogen-bond donors (Lipinski definition) is 0. The van der Waals surface area contributed by atoms with Crippen molar-refractivity contribution >= 4 is 40.4 Å². The molecule has 0 radical (unpaired) electrons. The highest BCUT2D eigenvalue weighted by atomic mass is 32.2. The summed E-state index contributed by atoms with van der Waals surface area (Å²) in [5.41, 5.74) is 0. The molecular weight excluding hydrogens is 203 g/mol. The molecule has 0 aliphatic heterocycles. The number of carbonyl (C=O) groups excluding carboxylic acids is 1. The monoisotopic (exact) mass is 214 g/mol. The summed E-state index contributed by atoms with van der Waals surface area (Å²) in [7, 11) is 0. The molecule has 0 bridgehead atoms. The zero-order valence-corrected chi connectivity index (χ0v) is 9.17. The van der Waals surface area contributed by atoms with Gasteiger partial charge in [0.15, 0.2) is 4.08 Å². The van der Waals surface area contributed by atoms with E-state index in [-0.39, 0.29) is 5.12 Å². The average molecular weight is 214 g/mol. The van der Waals surface area contributed by atoms with Gasteiger partial charge in [-0.05, 0) is 18.8 Å². The topological polar surface area (TPSA) is 17.1 Å². The minimum absolute atomic E-state index is 0.0972. The Hall–Kier alpha value is 0.650. The molecule has 11 heavy (non-hydrogen) atoms. The Kier molecular flexibility index (Phi) is 5.64. The van der Waals surface area contributed by atoms with Gasteiger partial charge in [0.1, 0.15) is 6.67 Å². The quantitative estimate of drug-likeness (QED) is 0.667. The number of carbonyl (C=O) groups is 1. The van der Waals surface area contributed by atoms with E-state index in [2.05, 4.69) is 0 Å². The molecule has 0 atom stereocenters. The highest BCUT2D eigenvalue weighted by Crippen LogP contribution is 2.37. The Morgan fingerprint density at radius 2 is 1.82 bits per heavy atom. The van der Waals surface area contributed by atoms with Crippen LogP contribution in [0.5, 0.6) is 0 Å². The summed E-state index contributed by atoms with van der Waals surface area (Å²) >= 11 is 3.62. The molecule has 0 saturated heterocycles. The Balaban J connectivity index is 4.39. The molecular formula is C6H11FOS3. The molecule has 0 fully saturated rings. The van der Waals surface area contributed by atoms with Gasteiger partial charge in [0.2, 0.25) is 5.12 Å². The second-order valence-corrected chi connectivity index (χ2v) is 5.03. The first-order valence-corrected chi connectivity index (χ1v) is 6.59. The zero-order valence-electron chi connectivity index (χ0n) is 6.72. The minimum Gasteiger partial charge on any atom is -0.285 e. The number of rotatable bonds is 4. The summed E-state index contributed by atoms with van der Waals surface area (Å²) < 4.78 is 11.6. The molecule has 0 amide bonds. The molecule has 0 aromatic rings. The van der Waals surface area contributed by atoms with Crippen molar-refractivity contribution in [1.29, 1.82) is 0 Å². The van der Waals surface area contributed by atoms with E-state index in [0.29, 0.717) is 0 Å². The minimum atomic E-state index is -0.876. The molecule has 0 saturated carbocycles. The van der Waals surface area contributed by atoms with E-state index in [9.17, 15) is 9.18 Å². The second-order valence-electron chi connectivity index (χ2n) is 1.79. The number of alkyl halides is 1. The molecule has 1 nitrogen and oxygen atoms in total. The molecule has 66 valence electrons. The number of thioether (sulfide) groups is 3. The number of hydrogen-bond acceptors (Lipinski definition) is 4. The summed E-state index contributed by atoms with van der Waals surface area (Å²) in [5.74, 6) is 0. The van der Waals surface area contributed by atoms with E-state index in [1.807, 2.05) is 0 Å². The highest BCUT2D eigenvalue weighted by molar-refractivity contribution is 8.24. The maximum atomic E-state index is 12.5. The van der Waals surface area contributed by atoms with Crippen LogP contribution in [0.4, 0.5) is 4.39 Å². The van der Waals surface area contributed by atoms with Crippen molar-refractivity contribution in [3.8, 4) is 0 Å². The van der Waals surface area contributed by atoms with Crippen molar-refractivity contribution in [1.82, 2.24) is 0 Å². The van der Waals surface area contributed by atoms with Crippen molar-refractivity contribution in [2.75, 3.05) is 25.4 Å². The van der Waals surface area contributed by atoms with Gasteiger partial charge in [0.25, 0.3) is 0 Å². The van der Waals surface area contributed by atoms with Gasteiger partial charge in [-0.1, -0.05) is 11.8 Å². The maximum absolute atomic E-state index is 12.5. The lowest BCUT2D eigenvalue weighted by Gasteiger charge is -2.23. The van der Waals surface area contributed by atoms with Gasteiger partial charge in [-0.25, -0.2) is 4.39 Å². The molecule has 0 heterocycles. The molecule has 0 spiro atoms. The molecule has 0 rings (SSSR count). The highest BCUT2D eigenvalue weighted by Gasteiger charge is 2.36. The maximum Gasteiger partial charge on any atom is 0.217 e. The van der Waals surface area contributed by atoms with Crippen molar-refractivity contribution in [3.63, 3.8) is 0 Å². The van der Waals surface area contributed by atoms with E-state index in [1.54, 1.807) is 18.8 Å². The summed E-state index contributed by atoms with van der Waals surface area (Å²) in [4.78, 5) is 11.2. The van der Waals surface area contributed by atoms with E-state index >= 15 is 0 Å². The van der Waals surface area contributed by atoms with Crippen LogP contribution in [-0.4, -0.2) is 34.6 Å². The SMILES string of the molecule is CSC(=O)C(CF)(SC)SC. The Morgan fingerprint density at radius 3 is 1.91 bits per heavy atom. The predicted octanol–water partition coefficient (Wildman–Crippen LogP) is 2.27. The largest absolute Gasteiger partial charge is 0.285 e. The fourth-order valence-electron chi connectivity index (χ4n) is 0.569. The lowest BCUT2D eigenvalue weighted by molar-refractivity contribution is -0.111. The van der Waals surface area contributed by atoms with Crippen LogP contribution in [0, 0.1) is 0 Å². The lowest BCUT2D eigenvalue weighted by Crippen LogP contribution is -2.30. The van der Waals surface area contributed by atoms with Crippen LogP contribution < -0.4 is 0 Å². The first-order chi connectivity index (χ1) is 5.16. The van der Waals surface area contributed by atoms with E-state index in [1.165, 1.54) is 23.5 Å². The zero-order chi connectivity index (χ0) is 8.91. The Labute approximate surface area is 79.3 Å². The van der Waals surface area contributed by atoms with Gasteiger partial charge in [0, 0.05) is 0 Å². The first kappa shape index (κ1) is 11.6. The average Bonchev–Trinajstić information content (AvgIpc) is 2.08. The third-order valence-electron chi connectivity index (χ3n) is 1.33. The van der Waals surface area contributed by atoms with Gasteiger partial charge in [-0.3, -0.25) is 4.79 Å². The van der Waals surface area contributed by atoms with Crippen molar-refractivity contribution < 1.29 is 9.18 Å². The van der Waals surface area contributed by atoms with Gasteiger partial charge in [0.05, 0.1) is 0 Å². The van der Waals surface area contributed by atoms with Gasteiger partial charge < -0.3 is 0 Å². The molecule has 0 N–H and O–H groups in total. The van der Waals surface area contributed by atoms with Crippen LogP contribution in [0.15, 0.2) is 0 Å². The third kappa shape index (κ3) is 2.56. The van der Waals surface area contributed by atoms with E-state index in [0.717, 1.165) is 11.8 Å². The summed E-state index contributed by atoms with van der Waals surface area (Å²) in [5, 5.41) is -0.0972. The first-order valence-electron chi connectivity index (χ1n) is 2.91. The fraction of sp³-hybridized carbons (Fsp3) is 0.833. The van der Waals surface area contributed by atoms with Crippen LogP contribution in [0.1, 0.15) is 0 Å². The van der Waals surface area contributed by atoms with E-state index < -0.39 is 10.8 Å². The van der Waals surface area contributed by atoms with Crippen LogP contribution in [0.25, 0.3) is 0 Å². The summed E-state index contributed by atoms with van der Waals surface area (Å²) in [6.07, 6.45) is 5.19. The number of halogens is 1. The van der Waals surface area contributed by atoms with Crippen molar-refractivity contribution in [2.45, 2.75) is 4.08 Å². The molecule has 0 aromatic heterocycles. The van der Waals surface area contributed by atoms with Crippen LogP contribution in [0.3, 0.4) is 0 Å². The third-order valence-corrected chi connectivity index (χ3v) is 5.22. The molecule has 0 aliphatic rings. The Bertz CT molecular complexity index is 128. The van der Waals surface area contributed by atoms with Crippen LogP contribution in [-0.2, 0) is 4.79 Å². The lowest BCUT2D eigenvalue weighted by atomic mass is 10.5. The second kappa shape index (κ2) is 5.32. The van der Waals surface area contributed by atoms with Gasteiger partial charge >= 0.3 is 0 Å². The van der Waals surface area contributed by atoms with Crippen LogP contribution in [0.2, 0.25) is 0 Å². The molecule has 0 unspecified atom stereocenters.